The van der Waals surface area contributed by atoms with Crippen LogP contribution in [0.2, 0.25) is 0 Å². The molecule has 4 amide bonds. The average Bonchev–Trinajstić information content (AvgIpc) is 3.84. The van der Waals surface area contributed by atoms with Crippen LogP contribution >= 0.6 is 0 Å². The molecule has 0 aliphatic heterocycles. The second kappa shape index (κ2) is 13.7. The number of anilines is 2. The quantitative estimate of drug-likeness (QED) is 0.0584. The number of guanidine groups is 2. The van der Waals surface area contributed by atoms with Crippen LogP contribution in [0, 0.1) is 0 Å². The third-order valence-electron chi connectivity index (χ3n) is 7.89. The molecule has 51 heavy (non-hydrogen) atoms. The minimum Gasteiger partial charge on any atom is -0.369 e. The van der Waals surface area contributed by atoms with Crippen molar-refractivity contribution in [3.05, 3.63) is 95.4 Å². The number of carbonyl (C=O) groups is 4. The zero-order chi connectivity index (χ0) is 36.4. The number of carbonyl (C=O) groups excluding carboxylic acids is 4. The number of aromatic nitrogens is 3. The van der Waals surface area contributed by atoms with E-state index < -0.39 is 17.7 Å². The molecule has 0 spiro atoms. The van der Waals surface area contributed by atoms with E-state index in [2.05, 4.69) is 35.8 Å². The molecule has 0 saturated carbocycles. The maximum absolute atomic E-state index is 13.2. The van der Waals surface area contributed by atoms with Crippen LogP contribution in [0.3, 0.4) is 0 Å². The fourth-order valence-electron chi connectivity index (χ4n) is 5.53. The van der Waals surface area contributed by atoms with Crippen LogP contribution in [0.4, 0.5) is 11.4 Å². The molecule has 260 valence electrons. The lowest BCUT2D eigenvalue weighted by atomic mass is 10.1. The van der Waals surface area contributed by atoms with Crippen LogP contribution in [0.15, 0.2) is 83.0 Å². The lowest BCUT2D eigenvalue weighted by Crippen LogP contribution is -2.33. The summed E-state index contributed by atoms with van der Waals surface area (Å²) in [4.78, 5) is 61.3. The van der Waals surface area contributed by atoms with Crippen LogP contribution in [-0.4, -0.2) is 73.6 Å². The molecule has 0 atom stereocenters. The molecule has 0 aliphatic rings. The van der Waals surface area contributed by atoms with Crippen molar-refractivity contribution in [3.63, 3.8) is 0 Å². The van der Waals surface area contributed by atoms with E-state index in [4.69, 9.17) is 22.9 Å². The Hall–Kier alpha value is -7.30. The molecule has 0 saturated heterocycles. The number of nitrogens with zero attached hydrogens (tertiary/aromatic N) is 4. The van der Waals surface area contributed by atoms with Crippen molar-refractivity contribution in [2.24, 2.45) is 33.1 Å². The maximum atomic E-state index is 13.2. The highest BCUT2D eigenvalue weighted by Gasteiger charge is 2.19. The summed E-state index contributed by atoms with van der Waals surface area (Å²) in [5.74, 6) is -2.04. The first kappa shape index (κ1) is 33.6. The van der Waals surface area contributed by atoms with Crippen LogP contribution < -0.4 is 33.6 Å². The summed E-state index contributed by atoms with van der Waals surface area (Å²) < 4.78 is 0. The molecule has 0 radical (unpaired) electrons. The number of fused-ring (bicyclic) bond motifs is 3. The Morgan fingerprint density at radius 1 is 0.569 bits per heavy atom. The molecule has 13 N–H and O–H groups in total. The summed E-state index contributed by atoms with van der Waals surface area (Å²) in [6.07, 6.45) is 0. The number of nitrogens with two attached hydrogens (primary N) is 4. The number of rotatable bonds is 10. The summed E-state index contributed by atoms with van der Waals surface area (Å²) in [5.41, 5.74) is 26.0. The number of H-pyrrole nitrogens is 3. The predicted molar refractivity (Wildman–Crippen MR) is 196 cm³/mol. The molecular formula is C34H35N13O4. The van der Waals surface area contributed by atoms with Gasteiger partial charge in [0.2, 0.25) is 11.9 Å². The van der Waals surface area contributed by atoms with Gasteiger partial charge in [0.05, 0.1) is 0 Å². The van der Waals surface area contributed by atoms with E-state index in [1.807, 2.05) is 0 Å². The van der Waals surface area contributed by atoms with Gasteiger partial charge in [-0.15, -0.1) is 10.2 Å². The number of amides is 4. The topological polar surface area (TPSA) is 275 Å². The Kier molecular flexibility index (Phi) is 9.00. The van der Waals surface area contributed by atoms with E-state index in [1.54, 1.807) is 86.6 Å². The molecular weight excluding hydrogens is 654 g/mol. The molecule has 17 nitrogen and oxygen atoms in total. The highest BCUT2D eigenvalue weighted by molar-refractivity contribution is 6.10. The van der Waals surface area contributed by atoms with Gasteiger partial charge in [0.25, 0.3) is 23.6 Å². The number of hydrogen-bond acceptors (Lipinski definition) is 6. The SMILES string of the molecule is CCN(N=C(N)N)C(=O)c1cc2cc(NC(=O)c3ccc4[nH]c(C(=O)Nc5ccc6[nH]c(C(=O)N(CC)N=C(N)N)cc6c5)cc4c3)ccc2[nH]1. The zero-order valence-electron chi connectivity index (χ0n) is 27.6. The standard InChI is InChI=1S/C34H35N13O4/c1-3-46(44-33(35)36)31(50)27-15-19-12-21(6-9-24(19)42-27)39-29(48)17-5-8-23-18(11-17)14-26(41-23)30(49)40-22-7-10-25-20(13-22)16-28(43-25)32(51)47(4-2)45-34(37)38/h5-16,41-43H,3-4H2,1-2H3,(H,39,48)(H,40,49)(H4,35,36,44)(H4,37,38,45). The van der Waals surface area contributed by atoms with Crippen molar-refractivity contribution in [1.82, 2.24) is 25.0 Å². The van der Waals surface area contributed by atoms with Crippen molar-refractivity contribution in [1.29, 1.82) is 0 Å². The first-order valence-electron chi connectivity index (χ1n) is 15.8. The number of hydrazone groups is 2. The van der Waals surface area contributed by atoms with Crippen molar-refractivity contribution in [2.75, 3.05) is 23.7 Å². The van der Waals surface area contributed by atoms with Crippen molar-refractivity contribution in [3.8, 4) is 0 Å². The van der Waals surface area contributed by atoms with Crippen LogP contribution in [0.5, 0.6) is 0 Å². The minimum absolute atomic E-state index is 0.230. The number of benzene rings is 3. The predicted octanol–water partition coefficient (Wildman–Crippen LogP) is 2.94. The molecule has 0 aliphatic carbocycles. The van der Waals surface area contributed by atoms with Crippen LogP contribution in [0.1, 0.15) is 55.7 Å². The Morgan fingerprint density at radius 2 is 0.980 bits per heavy atom. The highest BCUT2D eigenvalue weighted by atomic mass is 16.2. The monoisotopic (exact) mass is 689 g/mol. The van der Waals surface area contributed by atoms with Crippen molar-refractivity contribution in [2.45, 2.75) is 13.8 Å². The Bertz CT molecular complexity index is 2270. The smallest absolute Gasteiger partial charge is 0.290 e. The molecule has 6 aromatic rings. The Morgan fingerprint density at radius 3 is 1.45 bits per heavy atom. The molecule has 6 rings (SSSR count). The van der Waals surface area contributed by atoms with Gasteiger partial charge in [-0.05, 0) is 86.6 Å². The number of hydrogen-bond donors (Lipinski definition) is 9. The molecule has 0 fully saturated rings. The molecule has 0 unspecified atom stereocenters. The number of nitrogens with one attached hydrogen (secondary N) is 5. The van der Waals surface area contributed by atoms with Gasteiger partial charge < -0.3 is 48.5 Å². The van der Waals surface area contributed by atoms with E-state index in [9.17, 15) is 19.2 Å². The van der Waals surface area contributed by atoms with Gasteiger partial charge in [0.1, 0.15) is 17.1 Å². The normalized spacial score (nSPS) is 10.9. The lowest BCUT2D eigenvalue weighted by Gasteiger charge is -2.13. The van der Waals surface area contributed by atoms with E-state index in [-0.39, 0.29) is 48.0 Å². The van der Waals surface area contributed by atoms with Gasteiger partial charge >= 0.3 is 0 Å². The van der Waals surface area contributed by atoms with Gasteiger partial charge in [-0.25, -0.2) is 10.0 Å². The molecule has 3 aromatic heterocycles. The third-order valence-corrected chi connectivity index (χ3v) is 7.89. The van der Waals surface area contributed by atoms with Crippen LogP contribution in [0.25, 0.3) is 32.7 Å². The van der Waals surface area contributed by atoms with Crippen molar-refractivity contribution < 1.29 is 19.2 Å². The third kappa shape index (κ3) is 7.12. The van der Waals surface area contributed by atoms with E-state index in [0.29, 0.717) is 49.6 Å². The average molecular weight is 690 g/mol. The summed E-state index contributed by atoms with van der Waals surface area (Å²) in [7, 11) is 0. The van der Waals surface area contributed by atoms with E-state index in [0.717, 1.165) is 10.0 Å². The zero-order valence-corrected chi connectivity index (χ0v) is 27.6. The second-order valence-corrected chi connectivity index (χ2v) is 11.5. The first-order chi connectivity index (χ1) is 24.4. The molecule has 0 bridgehead atoms. The first-order valence-corrected chi connectivity index (χ1v) is 15.8. The lowest BCUT2D eigenvalue weighted by molar-refractivity contribution is 0.0757. The summed E-state index contributed by atoms with van der Waals surface area (Å²) >= 11 is 0. The van der Waals surface area contributed by atoms with Gasteiger partial charge in [-0.2, -0.15) is 0 Å². The largest absolute Gasteiger partial charge is 0.369 e. The second-order valence-electron chi connectivity index (χ2n) is 11.5. The fourth-order valence-corrected chi connectivity index (χ4v) is 5.53. The van der Waals surface area contributed by atoms with Gasteiger partial charge in [0.15, 0.2) is 0 Å². The van der Waals surface area contributed by atoms with Gasteiger partial charge in [-0.3, -0.25) is 19.2 Å². The molecule has 3 heterocycles. The summed E-state index contributed by atoms with van der Waals surface area (Å²) in [5, 5.41) is 17.8. The Labute approximate surface area is 289 Å². The summed E-state index contributed by atoms with van der Waals surface area (Å²) in [6.45, 7) is 4.02. The summed E-state index contributed by atoms with van der Waals surface area (Å²) in [6, 6.07) is 20.4. The molecule has 17 heteroatoms. The number of aromatic amines is 3. The van der Waals surface area contributed by atoms with Gasteiger partial charge in [-0.1, -0.05) is 0 Å². The molecule has 3 aromatic carbocycles. The van der Waals surface area contributed by atoms with E-state index in [1.165, 1.54) is 0 Å². The van der Waals surface area contributed by atoms with Crippen LogP contribution in [-0.2, 0) is 0 Å². The van der Waals surface area contributed by atoms with Gasteiger partial charge in [0, 0.05) is 62.7 Å². The Balaban J connectivity index is 1.14. The highest BCUT2D eigenvalue weighted by Crippen LogP contribution is 2.25. The van der Waals surface area contributed by atoms with Crippen molar-refractivity contribution >= 4 is 79.6 Å². The fraction of sp³-hybridized carbons (Fsp3) is 0.118. The maximum Gasteiger partial charge on any atom is 0.290 e. The van der Waals surface area contributed by atoms with E-state index >= 15 is 0 Å². The minimum atomic E-state index is -0.410.